The van der Waals surface area contributed by atoms with Gasteiger partial charge < -0.3 is 4.98 Å². The van der Waals surface area contributed by atoms with Gasteiger partial charge in [-0.2, -0.15) is 13.2 Å². The zero-order valence-corrected chi connectivity index (χ0v) is 14.0. The second-order valence-corrected chi connectivity index (χ2v) is 6.20. The van der Waals surface area contributed by atoms with Gasteiger partial charge in [0.25, 0.3) is 0 Å². The van der Waals surface area contributed by atoms with Crippen molar-refractivity contribution in [2.45, 2.75) is 6.18 Å². The number of halogens is 3. The molecule has 1 aromatic heterocycles. The summed E-state index contributed by atoms with van der Waals surface area (Å²) in [5.41, 5.74) is 1.43. The van der Waals surface area contributed by atoms with Crippen molar-refractivity contribution in [1.29, 1.82) is 0 Å². The number of carbonyl (C=O) groups excluding carboxylic acids is 1. The first-order chi connectivity index (χ1) is 12.9. The van der Waals surface area contributed by atoms with Crippen LogP contribution in [0.5, 0.6) is 0 Å². The summed E-state index contributed by atoms with van der Waals surface area (Å²) in [4.78, 5) is 15.7. The van der Waals surface area contributed by atoms with Gasteiger partial charge in [-0.3, -0.25) is 4.79 Å². The van der Waals surface area contributed by atoms with Crippen LogP contribution in [0.4, 0.5) is 13.2 Å². The predicted molar refractivity (Wildman–Crippen MR) is 98.6 cm³/mol. The van der Waals surface area contributed by atoms with Gasteiger partial charge in [-0.25, -0.2) is 0 Å². The molecule has 0 saturated carbocycles. The minimum Gasteiger partial charge on any atom is -0.361 e. The van der Waals surface area contributed by atoms with E-state index in [9.17, 15) is 18.0 Å². The Morgan fingerprint density at radius 3 is 2.22 bits per heavy atom. The number of carbonyl (C=O) groups is 1. The van der Waals surface area contributed by atoms with E-state index < -0.39 is 11.7 Å². The quantitative estimate of drug-likeness (QED) is 0.438. The molecule has 4 rings (SSSR count). The van der Waals surface area contributed by atoms with Gasteiger partial charge in [0, 0.05) is 33.8 Å². The van der Waals surface area contributed by atoms with E-state index in [2.05, 4.69) is 4.98 Å². The van der Waals surface area contributed by atoms with Crippen LogP contribution in [0.1, 0.15) is 21.5 Å². The largest absolute Gasteiger partial charge is 0.417 e. The minimum absolute atomic E-state index is 0.0839. The first-order valence-electron chi connectivity index (χ1n) is 8.32. The highest BCUT2D eigenvalue weighted by Crippen LogP contribution is 2.39. The molecule has 27 heavy (non-hydrogen) atoms. The third-order valence-electron chi connectivity index (χ3n) is 4.50. The predicted octanol–water partition coefficient (Wildman–Crippen LogP) is 6.08. The molecular formula is C22H14F3NO. The van der Waals surface area contributed by atoms with Crippen molar-refractivity contribution in [2.75, 3.05) is 0 Å². The smallest absolute Gasteiger partial charge is 0.361 e. The Labute approximate surface area is 153 Å². The first-order valence-corrected chi connectivity index (χ1v) is 8.32. The fourth-order valence-electron chi connectivity index (χ4n) is 3.21. The Balaban J connectivity index is 1.87. The fraction of sp³-hybridized carbons (Fsp3) is 0.0455. The lowest BCUT2D eigenvalue weighted by molar-refractivity contribution is -0.137. The number of hydrogen-bond donors (Lipinski definition) is 1. The highest BCUT2D eigenvalue weighted by molar-refractivity contribution is 6.11. The number of benzene rings is 3. The maximum atomic E-state index is 13.4. The van der Waals surface area contributed by atoms with Crippen LogP contribution < -0.4 is 0 Å². The van der Waals surface area contributed by atoms with E-state index in [1.54, 1.807) is 54.7 Å². The van der Waals surface area contributed by atoms with Gasteiger partial charge in [-0.15, -0.1) is 0 Å². The molecule has 0 unspecified atom stereocenters. The second-order valence-electron chi connectivity index (χ2n) is 6.20. The van der Waals surface area contributed by atoms with Gasteiger partial charge in [-0.05, 0) is 29.8 Å². The standard InChI is InChI=1S/C22H14F3NO/c23-22(24,25)19-9-5-4-8-16(19)18-13-26-20-11-10-15(12-17(18)20)21(27)14-6-2-1-3-7-14/h1-13,26H. The summed E-state index contributed by atoms with van der Waals surface area (Å²) in [6.45, 7) is 0. The van der Waals surface area contributed by atoms with Crippen molar-refractivity contribution in [3.63, 3.8) is 0 Å². The monoisotopic (exact) mass is 365 g/mol. The molecule has 1 N–H and O–H groups in total. The SMILES string of the molecule is O=C(c1ccccc1)c1ccc2[nH]cc(-c3ccccc3C(F)(F)F)c2c1. The molecule has 5 heteroatoms. The zero-order chi connectivity index (χ0) is 19.0. The molecule has 0 radical (unpaired) electrons. The van der Waals surface area contributed by atoms with E-state index in [-0.39, 0.29) is 11.3 Å². The average molecular weight is 365 g/mol. The van der Waals surface area contributed by atoms with Gasteiger partial charge >= 0.3 is 6.18 Å². The summed E-state index contributed by atoms with van der Waals surface area (Å²) in [5.74, 6) is -0.172. The van der Waals surface area contributed by atoms with Crippen LogP contribution in [0.2, 0.25) is 0 Å². The van der Waals surface area contributed by atoms with Gasteiger partial charge in [0.15, 0.2) is 5.78 Å². The third kappa shape index (κ3) is 3.12. The number of rotatable bonds is 3. The molecule has 0 fully saturated rings. The molecule has 0 aliphatic rings. The van der Waals surface area contributed by atoms with Crippen LogP contribution in [0, 0.1) is 0 Å². The molecule has 0 saturated heterocycles. The lowest BCUT2D eigenvalue weighted by Gasteiger charge is -2.12. The van der Waals surface area contributed by atoms with Crippen molar-refractivity contribution in [3.05, 3.63) is 95.7 Å². The fourth-order valence-corrected chi connectivity index (χ4v) is 3.21. The number of nitrogens with one attached hydrogen (secondary N) is 1. The van der Waals surface area contributed by atoms with Crippen LogP contribution in [0.25, 0.3) is 22.0 Å². The maximum Gasteiger partial charge on any atom is 0.417 e. The second kappa shape index (κ2) is 6.43. The highest BCUT2D eigenvalue weighted by atomic mass is 19.4. The van der Waals surface area contributed by atoms with Gasteiger partial charge in [0.2, 0.25) is 0 Å². The van der Waals surface area contributed by atoms with Gasteiger partial charge in [-0.1, -0.05) is 48.5 Å². The minimum atomic E-state index is -4.46. The molecule has 0 amide bonds. The molecule has 0 aliphatic heterocycles. The van der Waals surface area contributed by atoms with Crippen LogP contribution >= 0.6 is 0 Å². The number of aromatic nitrogens is 1. The Kier molecular flexibility index (Phi) is 4.07. The topological polar surface area (TPSA) is 32.9 Å². The Bertz CT molecular complexity index is 1130. The van der Waals surface area contributed by atoms with E-state index in [1.165, 1.54) is 12.1 Å². The van der Waals surface area contributed by atoms with E-state index in [0.717, 1.165) is 6.07 Å². The van der Waals surface area contributed by atoms with Crippen molar-refractivity contribution in [2.24, 2.45) is 0 Å². The highest BCUT2D eigenvalue weighted by Gasteiger charge is 2.33. The van der Waals surface area contributed by atoms with Gasteiger partial charge in [0.1, 0.15) is 0 Å². The Morgan fingerprint density at radius 2 is 1.48 bits per heavy atom. The lowest BCUT2D eigenvalue weighted by atomic mass is 9.96. The summed E-state index contributed by atoms with van der Waals surface area (Å²) in [5, 5.41) is 0.577. The number of aromatic amines is 1. The summed E-state index contributed by atoms with van der Waals surface area (Å²) >= 11 is 0. The summed E-state index contributed by atoms with van der Waals surface area (Å²) in [6.07, 6.45) is -2.91. The first kappa shape index (κ1) is 17.1. The average Bonchev–Trinajstić information content (AvgIpc) is 3.10. The van der Waals surface area contributed by atoms with Crippen LogP contribution in [-0.2, 0) is 6.18 Å². The number of H-pyrrole nitrogens is 1. The molecule has 2 nitrogen and oxygen atoms in total. The molecule has 0 aliphatic carbocycles. The molecular weight excluding hydrogens is 351 g/mol. The summed E-state index contributed by atoms with van der Waals surface area (Å²) in [7, 11) is 0. The number of hydrogen-bond acceptors (Lipinski definition) is 1. The van der Waals surface area contributed by atoms with E-state index in [4.69, 9.17) is 0 Å². The lowest BCUT2D eigenvalue weighted by Crippen LogP contribution is -2.06. The van der Waals surface area contributed by atoms with Crippen molar-refractivity contribution in [1.82, 2.24) is 4.98 Å². The van der Waals surface area contributed by atoms with E-state index >= 15 is 0 Å². The van der Waals surface area contributed by atoms with Crippen LogP contribution in [-0.4, -0.2) is 10.8 Å². The number of alkyl halides is 3. The molecule has 0 bridgehead atoms. The van der Waals surface area contributed by atoms with Crippen LogP contribution in [0.15, 0.2) is 79.0 Å². The Morgan fingerprint density at radius 1 is 0.778 bits per heavy atom. The van der Waals surface area contributed by atoms with Gasteiger partial charge in [0.05, 0.1) is 5.56 Å². The maximum absolute atomic E-state index is 13.4. The van der Waals surface area contributed by atoms with Crippen molar-refractivity contribution >= 4 is 16.7 Å². The normalized spacial score (nSPS) is 11.7. The van der Waals surface area contributed by atoms with Crippen LogP contribution in [0.3, 0.4) is 0 Å². The molecule has 3 aromatic carbocycles. The molecule has 0 spiro atoms. The Hall–Kier alpha value is -3.34. The van der Waals surface area contributed by atoms with Crippen molar-refractivity contribution in [3.8, 4) is 11.1 Å². The van der Waals surface area contributed by atoms with E-state index in [0.29, 0.717) is 27.6 Å². The zero-order valence-electron chi connectivity index (χ0n) is 14.0. The molecule has 1 heterocycles. The molecule has 0 atom stereocenters. The molecule has 134 valence electrons. The molecule has 4 aromatic rings. The summed E-state index contributed by atoms with van der Waals surface area (Å²) in [6, 6.07) is 19.3. The van der Waals surface area contributed by atoms with Crippen molar-refractivity contribution < 1.29 is 18.0 Å². The summed E-state index contributed by atoms with van der Waals surface area (Å²) < 4.78 is 40.2. The third-order valence-corrected chi connectivity index (χ3v) is 4.50. The van der Waals surface area contributed by atoms with E-state index in [1.807, 2.05) is 6.07 Å². The number of ketones is 1. The number of fused-ring (bicyclic) bond motifs is 1.